The van der Waals surface area contributed by atoms with Crippen molar-refractivity contribution >= 4 is 11.0 Å². The Morgan fingerprint density at radius 1 is 1.29 bits per heavy atom. The van der Waals surface area contributed by atoms with E-state index in [-0.39, 0.29) is 0 Å². The second-order valence-corrected chi connectivity index (χ2v) is 3.83. The van der Waals surface area contributed by atoms with Crippen molar-refractivity contribution < 1.29 is 9.15 Å². The van der Waals surface area contributed by atoms with Crippen LogP contribution in [0.25, 0.3) is 22.6 Å². The fourth-order valence-electron chi connectivity index (χ4n) is 1.92. The van der Waals surface area contributed by atoms with E-state index in [4.69, 9.17) is 9.15 Å². The van der Waals surface area contributed by atoms with Gasteiger partial charge in [0.15, 0.2) is 11.6 Å². The predicted octanol–water partition coefficient (Wildman–Crippen LogP) is 2.84. The van der Waals surface area contributed by atoms with E-state index >= 15 is 0 Å². The van der Waals surface area contributed by atoms with Crippen LogP contribution >= 0.6 is 0 Å². The maximum Gasteiger partial charge on any atom is 0.176 e. The van der Waals surface area contributed by atoms with Crippen LogP contribution in [0.3, 0.4) is 0 Å². The number of fused-ring (bicyclic) bond motifs is 1. The Kier molecular flexibility index (Phi) is 2.14. The minimum absolute atomic E-state index is 0.766. The van der Waals surface area contributed by atoms with Crippen molar-refractivity contribution in [1.82, 2.24) is 9.55 Å². The summed E-state index contributed by atoms with van der Waals surface area (Å²) in [6.45, 7) is 0. The van der Waals surface area contributed by atoms with Gasteiger partial charge >= 0.3 is 0 Å². The maximum atomic E-state index is 5.37. The normalized spacial score (nSPS) is 10.9. The average Bonchev–Trinajstić information content (AvgIpc) is 2.97. The molecular weight excluding hydrogens is 216 g/mol. The minimum atomic E-state index is 0.766. The molecule has 1 aromatic carbocycles. The van der Waals surface area contributed by atoms with Gasteiger partial charge in [-0.3, -0.25) is 0 Å². The summed E-state index contributed by atoms with van der Waals surface area (Å²) in [7, 11) is 3.62. The molecule has 3 rings (SSSR count). The number of aryl methyl sites for hydroxylation is 1. The summed E-state index contributed by atoms with van der Waals surface area (Å²) in [5.41, 5.74) is 1.95. The van der Waals surface area contributed by atoms with Crippen LogP contribution in [0.5, 0.6) is 5.75 Å². The molecule has 2 aromatic heterocycles. The van der Waals surface area contributed by atoms with Gasteiger partial charge in [-0.2, -0.15) is 0 Å². The van der Waals surface area contributed by atoms with Crippen LogP contribution in [0.1, 0.15) is 0 Å². The van der Waals surface area contributed by atoms with Crippen LogP contribution in [-0.2, 0) is 7.05 Å². The second-order valence-electron chi connectivity index (χ2n) is 3.83. The average molecular weight is 228 g/mol. The van der Waals surface area contributed by atoms with Gasteiger partial charge in [-0.1, -0.05) is 0 Å². The third-order valence-corrected chi connectivity index (χ3v) is 2.83. The Morgan fingerprint density at radius 3 is 2.88 bits per heavy atom. The molecule has 86 valence electrons. The molecule has 0 unspecified atom stereocenters. The van der Waals surface area contributed by atoms with E-state index in [9.17, 15) is 0 Å². The molecular formula is C13H12N2O2. The third-order valence-electron chi connectivity index (χ3n) is 2.83. The van der Waals surface area contributed by atoms with Crippen molar-refractivity contribution in [2.45, 2.75) is 0 Å². The molecule has 0 aliphatic heterocycles. The molecule has 0 saturated carbocycles. The molecule has 0 aliphatic rings. The summed E-state index contributed by atoms with van der Waals surface area (Å²) >= 11 is 0. The lowest BCUT2D eigenvalue weighted by atomic mass is 10.3. The van der Waals surface area contributed by atoms with E-state index in [0.29, 0.717) is 0 Å². The van der Waals surface area contributed by atoms with E-state index in [1.165, 1.54) is 0 Å². The van der Waals surface area contributed by atoms with E-state index in [0.717, 1.165) is 28.4 Å². The van der Waals surface area contributed by atoms with Crippen LogP contribution in [0.15, 0.2) is 41.0 Å². The Hall–Kier alpha value is -2.23. The predicted molar refractivity (Wildman–Crippen MR) is 65.0 cm³/mol. The zero-order valence-electron chi connectivity index (χ0n) is 9.68. The summed E-state index contributed by atoms with van der Waals surface area (Å²) in [5.74, 6) is 2.41. The number of ether oxygens (including phenoxy) is 1. The van der Waals surface area contributed by atoms with Gasteiger partial charge in [0.1, 0.15) is 5.75 Å². The summed E-state index contributed by atoms with van der Waals surface area (Å²) in [6.07, 6.45) is 1.65. The number of rotatable bonds is 2. The largest absolute Gasteiger partial charge is 0.497 e. The number of furan rings is 1. The van der Waals surface area contributed by atoms with Gasteiger partial charge in [0, 0.05) is 13.1 Å². The van der Waals surface area contributed by atoms with Crippen LogP contribution in [0.2, 0.25) is 0 Å². The van der Waals surface area contributed by atoms with E-state index in [2.05, 4.69) is 4.98 Å². The van der Waals surface area contributed by atoms with Crippen molar-refractivity contribution in [3.63, 3.8) is 0 Å². The Morgan fingerprint density at radius 2 is 2.18 bits per heavy atom. The lowest BCUT2D eigenvalue weighted by molar-refractivity contribution is 0.415. The Labute approximate surface area is 98.4 Å². The van der Waals surface area contributed by atoms with Crippen LogP contribution in [-0.4, -0.2) is 16.7 Å². The van der Waals surface area contributed by atoms with Gasteiger partial charge in [0.05, 0.1) is 24.4 Å². The molecule has 2 heterocycles. The summed E-state index contributed by atoms with van der Waals surface area (Å²) in [4.78, 5) is 4.54. The molecule has 4 nitrogen and oxygen atoms in total. The monoisotopic (exact) mass is 228 g/mol. The van der Waals surface area contributed by atoms with Gasteiger partial charge in [-0.05, 0) is 24.3 Å². The first-order valence-corrected chi connectivity index (χ1v) is 5.34. The van der Waals surface area contributed by atoms with Gasteiger partial charge < -0.3 is 13.7 Å². The molecule has 0 fully saturated rings. The maximum absolute atomic E-state index is 5.37. The highest BCUT2D eigenvalue weighted by Gasteiger charge is 2.12. The molecule has 17 heavy (non-hydrogen) atoms. The van der Waals surface area contributed by atoms with Gasteiger partial charge in [-0.25, -0.2) is 4.98 Å². The van der Waals surface area contributed by atoms with Crippen LogP contribution < -0.4 is 4.74 Å². The lowest BCUT2D eigenvalue weighted by Gasteiger charge is -2.01. The number of imidazole rings is 1. The first-order valence-electron chi connectivity index (χ1n) is 5.34. The second kappa shape index (κ2) is 3.66. The van der Waals surface area contributed by atoms with Crippen LogP contribution in [0.4, 0.5) is 0 Å². The van der Waals surface area contributed by atoms with Crippen molar-refractivity contribution in [3.05, 3.63) is 36.6 Å². The highest BCUT2D eigenvalue weighted by molar-refractivity contribution is 5.81. The lowest BCUT2D eigenvalue weighted by Crippen LogP contribution is -1.91. The molecule has 3 aromatic rings. The zero-order valence-corrected chi connectivity index (χ0v) is 9.68. The van der Waals surface area contributed by atoms with Crippen molar-refractivity contribution in [3.8, 4) is 17.3 Å². The number of methoxy groups -OCH3 is 1. The standard InChI is InChI=1S/C13H12N2O2/c1-15-11-8-9(16-2)5-6-10(11)14-13(15)12-4-3-7-17-12/h3-8H,1-2H3. The smallest absolute Gasteiger partial charge is 0.176 e. The molecule has 0 N–H and O–H groups in total. The van der Waals surface area contributed by atoms with Gasteiger partial charge in [0.2, 0.25) is 0 Å². The van der Waals surface area contributed by atoms with Gasteiger partial charge in [-0.15, -0.1) is 0 Å². The van der Waals surface area contributed by atoms with Crippen LogP contribution in [0, 0.1) is 0 Å². The van der Waals surface area contributed by atoms with E-state index in [1.54, 1.807) is 13.4 Å². The van der Waals surface area contributed by atoms with Crippen molar-refractivity contribution in [1.29, 1.82) is 0 Å². The molecule has 0 atom stereocenters. The molecule has 0 amide bonds. The first kappa shape index (κ1) is 9.96. The van der Waals surface area contributed by atoms with E-state index in [1.807, 2.05) is 41.9 Å². The number of hydrogen-bond acceptors (Lipinski definition) is 3. The van der Waals surface area contributed by atoms with Crippen molar-refractivity contribution in [2.75, 3.05) is 7.11 Å². The molecule has 0 saturated heterocycles. The highest BCUT2D eigenvalue weighted by atomic mass is 16.5. The number of aromatic nitrogens is 2. The molecule has 0 aliphatic carbocycles. The molecule has 0 radical (unpaired) electrons. The number of benzene rings is 1. The Balaban J connectivity index is 2.25. The van der Waals surface area contributed by atoms with E-state index < -0.39 is 0 Å². The number of hydrogen-bond donors (Lipinski definition) is 0. The highest BCUT2D eigenvalue weighted by Crippen LogP contribution is 2.26. The quantitative estimate of drug-likeness (QED) is 0.677. The fourth-order valence-corrected chi connectivity index (χ4v) is 1.92. The summed E-state index contributed by atoms with van der Waals surface area (Å²) in [6, 6.07) is 9.57. The number of nitrogens with zero attached hydrogens (tertiary/aromatic N) is 2. The van der Waals surface area contributed by atoms with Crippen molar-refractivity contribution in [2.24, 2.45) is 7.05 Å². The van der Waals surface area contributed by atoms with Gasteiger partial charge in [0.25, 0.3) is 0 Å². The SMILES string of the molecule is COc1ccc2nc(-c3ccco3)n(C)c2c1. The fraction of sp³-hybridized carbons (Fsp3) is 0.154. The minimum Gasteiger partial charge on any atom is -0.497 e. The summed E-state index contributed by atoms with van der Waals surface area (Å²) in [5, 5.41) is 0. The summed E-state index contributed by atoms with van der Waals surface area (Å²) < 4.78 is 12.6. The first-order chi connectivity index (χ1) is 8.29. The zero-order chi connectivity index (χ0) is 11.8. The molecule has 0 bridgehead atoms. The third kappa shape index (κ3) is 1.49. The Bertz CT molecular complexity index is 653. The molecule has 0 spiro atoms. The topological polar surface area (TPSA) is 40.2 Å². The molecule has 4 heteroatoms.